The number of carbonyl (C=O) groups is 1. The predicted octanol–water partition coefficient (Wildman–Crippen LogP) is 2.66. The number of nitrogens with zero attached hydrogens (tertiary/aromatic N) is 1. The molecule has 4 rings (SSSR count). The van der Waals surface area contributed by atoms with E-state index >= 15 is 0 Å². The summed E-state index contributed by atoms with van der Waals surface area (Å²) in [6.07, 6.45) is 8.11. The maximum absolute atomic E-state index is 12.3. The summed E-state index contributed by atoms with van der Waals surface area (Å²) < 4.78 is 4.51. The maximum Gasteiger partial charge on any atom is 0.439 e. The van der Waals surface area contributed by atoms with Gasteiger partial charge in [0.15, 0.2) is 5.82 Å². The molecule has 1 aromatic heterocycles. The van der Waals surface area contributed by atoms with E-state index in [0.29, 0.717) is 17.8 Å². The van der Waals surface area contributed by atoms with Crippen molar-refractivity contribution in [3.63, 3.8) is 0 Å². The summed E-state index contributed by atoms with van der Waals surface area (Å²) in [5.74, 6) is 0.289. The van der Waals surface area contributed by atoms with E-state index in [4.69, 9.17) is 0 Å². The van der Waals surface area contributed by atoms with Gasteiger partial charge < -0.3 is 5.32 Å². The van der Waals surface area contributed by atoms with E-state index in [0.717, 1.165) is 30.4 Å². The number of carbonyl (C=O) groups excluding carboxylic acids is 1. The summed E-state index contributed by atoms with van der Waals surface area (Å²) in [5, 5.41) is 6.75. The first-order valence-electron chi connectivity index (χ1n) is 9.07. The molecular weight excluding hydrogens is 318 g/mol. The number of aromatic nitrogens is 2. The van der Waals surface area contributed by atoms with E-state index in [1.54, 1.807) is 0 Å². The Morgan fingerprint density at radius 3 is 2.52 bits per heavy atom. The van der Waals surface area contributed by atoms with Gasteiger partial charge in [-0.05, 0) is 55.9 Å². The average molecular weight is 341 g/mol. The molecule has 0 saturated heterocycles. The molecule has 0 bridgehead atoms. The van der Waals surface area contributed by atoms with Crippen molar-refractivity contribution in [1.29, 1.82) is 0 Å². The van der Waals surface area contributed by atoms with Gasteiger partial charge in [-0.25, -0.2) is 4.79 Å². The van der Waals surface area contributed by atoms with Crippen molar-refractivity contribution in [3.05, 3.63) is 40.4 Å². The zero-order chi connectivity index (χ0) is 17.3. The molecule has 0 unspecified atom stereocenters. The highest BCUT2D eigenvalue weighted by Crippen LogP contribution is 2.57. The monoisotopic (exact) mass is 341 g/mol. The topological polar surface area (TPSA) is 88.0 Å². The lowest BCUT2D eigenvalue weighted by Crippen LogP contribution is -2.34. The minimum atomic E-state index is -0.558. The van der Waals surface area contributed by atoms with Crippen molar-refractivity contribution in [2.24, 2.45) is 11.3 Å². The van der Waals surface area contributed by atoms with Crippen molar-refractivity contribution in [2.75, 3.05) is 6.54 Å². The lowest BCUT2D eigenvalue weighted by Gasteiger charge is -2.27. The molecule has 6 heteroatoms. The first kappa shape index (κ1) is 16.1. The predicted molar refractivity (Wildman–Crippen MR) is 92.9 cm³/mol. The van der Waals surface area contributed by atoms with Crippen LogP contribution in [0.3, 0.4) is 0 Å². The van der Waals surface area contributed by atoms with Crippen LogP contribution in [0.25, 0.3) is 11.4 Å². The van der Waals surface area contributed by atoms with Crippen LogP contribution in [-0.4, -0.2) is 22.6 Å². The van der Waals surface area contributed by atoms with Gasteiger partial charge in [0.05, 0.1) is 0 Å². The Labute approximate surface area is 146 Å². The van der Waals surface area contributed by atoms with Crippen LogP contribution in [0.1, 0.15) is 44.1 Å². The summed E-state index contributed by atoms with van der Waals surface area (Å²) in [5.41, 5.74) is 2.57. The SMILES string of the molecule is O=C(NCCc1ccc(-c2noc(=O)[nH]2)cc1)C1CCC2(CC1)CC2. The highest BCUT2D eigenvalue weighted by molar-refractivity contribution is 5.78. The van der Waals surface area contributed by atoms with E-state index in [-0.39, 0.29) is 11.8 Å². The van der Waals surface area contributed by atoms with Crippen LogP contribution in [0.15, 0.2) is 33.6 Å². The van der Waals surface area contributed by atoms with Crippen molar-refractivity contribution in [3.8, 4) is 11.4 Å². The number of hydrogen-bond acceptors (Lipinski definition) is 4. The normalized spacial score (nSPS) is 19.0. The second-order valence-corrected chi connectivity index (χ2v) is 7.46. The first-order valence-corrected chi connectivity index (χ1v) is 9.07. The Morgan fingerprint density at radius 2 is 1.92 bits per heavy atom. The van der Waals surface area contributed by atoms with Crippen LogP contribution in [0, 0.1) is 11.3 Å². The van der Waals surface area contributed by atoms with Gasteiger partial charge in [0, 0.05) is 18.0 Å². The standard InChI is InChI=1S/C19H23N3O3/c23-17(15-5-8-19(9-6-15)10-11-19)20-12-7-13-1-3-14(4-2-13)16-21-18(24)25-22-16/h1-4,15H,5-12H2,(H,20,23)(H,21,22,24). The van der Waals surface area contributed by atoms with Crippen molar-refractivity contribution < 1.29 is 9.32 Å². The van der Waals surface area contributed by atoms with E-state index in [1.165, 1.54) is 25.7 Å². The number of H-pyrrole nitrogens is 1. The molecule has 0 atom stereocenters. The van der Waals surface area contributed by atoms with Gasteiger partial charge in [-0.1, -0.05) is 29.4 Å². The second kappa shape index (κ2) is 6.50. The van der Waals surface area contributed by atoms with E-state index in [9.17, 15) is 9.59 Å². The Balaban J connectivity index is 1.24. The summed E-state index contributed by atoms with van der Waals surface area (Å²) in [4.78, 5) is 25.8. The van der Waals surface area contributed by atoms with E-state index < -0.39 is 5.76 Å². The van der Waals surface area contributed by atoms with Gasteiger partial charge in [0.25, 0.3) is 0 Å². The third kappa shape index (κ3) is 3.67. The first-order chi connectivity index (χ1) is 12.1. The number of amides is 1. The molecule has 0 radical (unpaired) electrons. The number of rotatable bonds is 5. The molecule has 2 aromatic rings. The maximum atomic E-state index is 12.3. The molecule has 132 valence electrons. The van der Waals surface area contributed by atoms with E-state index in [1.807, 2.05) is 24.3 Å². The Kier molecular flexibility index (Phi) is 4.19. The van der Waals surface area contributed by atoms with Crippen LogP contribution in [0.5, 0.6) is 0 Å². The van der Waals surface area contributed by atoms with Gasteiger partial charge in [-0.3, -0.25) is 14.3 Å². The van der Waals surface area contributed by atoms with Crippen LogP contribution in [-0.2, 0) is 11.2 Å². The van der Waals surface area contributed by atoms with Crippen LogP contribution < -0.4 is 11.1 Å². The quantitative estimate of drug-likeness (QED) is 0.875. The highest BCUT2D eigenvalue weighted by atomic mass is 16.5. The van der Waals surface area contributed by atoms with Gasteiger partial charge in [-0.15, -0.1) is 0 Å². The lowest BCUT2D eigenvalue weighted by molar-refractivity contribution is -0.126. The summed E-state index contributed by atoms with van der Waals surface area (Å²) in [6, 6.07) is 7.74. The summed E-state index contributed by atoms with van der Waals surface area (Å²) >= 11 is 0. The largest absolute Gasteiger partial charge is 0.439 e. The third-order valence-corrected chi connectivity index (χ3v) is 5.75. The molecule has 1 heterocycles. The molecule has 1 spiro atoms. The minimum Gasteiger partial charge on any atom is -0.356 e. The van der Waals surface area contributed by atoms with Crippen LogP contribution >= 0.6 is 0 Å². The van der Waals surface area contributed by atoms with Gasteiger partial charge in [0.1, 0.15) is 0 Å². The highest BCUT2D eigenvalue weighted by Gasteiger charge is 2.45. The zero-order valence-corrected chi connectivity index (χ0v) is 14.2. The molecule has 2 aliphatic carbocycles. The lowest BCUT2D eigenvalue weighted by atomic mass is 9.79. The molecule has 6 nitrogen and oxygen atoms in total. The van der Waals surface area contributed by atoms with E-state index in [2.05, 4.69) is 20.0 Å². The average Bonchev–Trinajstić information content (AvgIpc) is 3.24. The molecule has 2 saturated carbocycles. The Bertz CT molecular complexity index is 792. The number of nitrogens with one attached hydrogen (secondary N) is 2. The second-order valence-electron chi connectivity index (χ2n) is 7.46. The fraction of sp³-hybridized carbons (Fsp3) is 0.526. The van der Waals surface area contributed by atoms with Crippen LogP contribution in [0.4, 0.5) is 0 Å². The number of aromatic amines is 1. The fourth-order valence-electron chi connectivity index (χ4n) is 3.83. The molecular formula is C19H23N3O3. The fourth-order valence-corrected chi connectivity index (χ4v) is 3.83. The Morgan fingerprint density at radius 1 is 1.20 bits per heavy atom. The van der Waals surface area contributed by atoms with Crippen molar-refractivity contribution in [2.45, 2.75) is 44.9 Å². The summed E-state index contributed by atoms with van der Waals surface area (Å²) in [7, 11) is 0. The molecule has 25 heavy (non-hydrogen) atoms. The number of benzene rings is 1. The van der Waals surface area contributed by atoms with Crippen molar-refractivity contribution in [1.82, 2.24) is 15.5 Å². The molecule has 2 fully saturated rings. The van der Waals surface area contributed by atoms with Gasteiger partial charge >= 0.3 is 5.76 Å². The molecule has 1 amide bonds. The van der Waals surface area contributed by atoms with Crippen molar-refractivity contribution >= 4 is 5.91 Å². The third-order valence-electron chi connectivity index (χ3n) is 5.75. The molecule has 2 N–H and O–H groups in total. The molecule has 2 aliphatic rings. The smallest absolute Gasteiger partial charge is 0.356 e. The minimum absolute atomic E-state index is 0.206. The Hall–Kier alpha value is -2.37. The molecule has 1 aromatic carbocycles. The van der Waals surface area contributed by atoms with Crippen LogP contribution in [0.2, 0.25) is 0 Å². The molecule has 0 aliphatic heterocycles. The summed E-state index contributed by atoms with van der Waals surface area (Å²) in [6.45, 7) is 0.653. The van der Waals surface area contributed by atoms with Gasteiger partial charge in [0.2, 0.25) is 5.91 Å². The number of hydrogen-bond donors (Lipinski definition) is 2. The zero-order valence-electron chi connectivity index (χ0n) is 14.2. The van der Waals surface area contributed by atoms with Gasteiger partial charge in [-0.2, -0.15) is 0 Å².